The third-order valence-electron chi connectivity index (χ3n) is 3.85. The van der Waals surface area contributed by atoms with Crippen molar-refractivity contribution in [3.63, 3.8) is 0 Å². The minimum atomic E-state index is -0.260. The third-order valence-corrected chi connectivity index (χ3v) is 3.85. The summed E-state index contributed by atoms with van der Waals surface area (Å²) >= 11 is 0. The smallest absolute Gasteiger partial charge is 0.318 e. The summed E-state index contributed by atoms with van der Waals surface area (Å²) < 4.78 is 0. The van der Waals surface area contributed by atoms with E-state index in [1.54, 1.807) is 31.3 Å². The number of amides is 3. The molecule has 3 amide bonds. The second kappa shape index (κ2) is 7.67. The van der Waals surface area contributed by atoms with Gasteiger partial charge in [0.15, 0.2) is 0 Å². The summed E-state index contributed by atoms with van der Waals surface area (Å²) in [6, 6.07) is 6.87. The Kier molecular flexibility index (Phi) is 5.60. The molecule has 0 atom stereocenters. The molecule has 1 fully saturated rings. The van der Waals surface area contributed by atoms with E-state index in [9.17, 15) is 9.59 Å². The zero-order valence-corrected chi connectivity index (χ0v) is 12.4. The van der Waals surface area contributed by atoms with Crippen molar-refractivity contribution < 1.29 is 9.59 Å². The van der Waals surface area contributed by atoms with Gasteiger partial charge in [0.2, 0.25) is 5.91 Å². The average molecular weight is 289 g/mol. The van der Waals surface area contributed by atoms with E-state index in [4.69, 9.17) is 0 Å². The van der Waals surface area contributed by atoms with Gasteiger partial charge in [-0.3, -0.25) is 4.79 Å². The van der Waals surface area contributed by atoms with Gasteiger partial charge < -0.3 is 16.0 Å². The molecule has 114 valence electrons. The minimum absolute atomic E-state index is 0.0777. The Balaban J connectivity index is 1.81. The van der Waals surface area contributed by atoms with Gasteiger partial charge in [0, 0.05) is 24.8 Å². The Morgan fingerprint density at radius 1 is 1.00 bits per heavy atom. The van der Waals surface area contributed by atoms with E-state index in [0.717, 1.165) is 5.69 Å². The van der Waals surface area contributed by atoms with Crippen LogP contribution in [0.5, 0.6) is 0 Å². The monoisotopic (exact) mass is 289 g/mol. The van der Waals surface area contributed by atoms with Gasteiger partial charge >= 0.3 is 6.03 Å². The zero-order valence-electron chi connectivity index (χ0n) is 12.4. The van der Waals surface area contributed by atoms with Crippen molar-refractivity contribution in [2.24, 2.45) is 5.92 Å². The van der Waals surface area contributed by atoms with Gasteiger partial charge in [-0.15, -0.1) is 0 Å². The quantitative estimate of drug-likeness (QED) is 0.795. The van der Waals surface area contributed by atoms with Crippen LogP contribution in [-0.2, 0) is 4.79 Å². The van der Waals surface area contributed by atoms with Gasteiger partial charge in [-0.2, -0.15) is 0 Å². The van der Waals surface area contributed by atoms with Crippen LogP contribution in [0, 0.1) is 5.92 Å². The largest absolute Gasteiger partial charge is 0.341 e. The lowest BCUT2D eigenvalue weighted by molar-refractivity contribution is -0.117. The van der Waals surface area contributed by atoms with Crippen LogP contribution in [0.2, 0.25) is 0 Å². The number of carbonyl (C=O) groups is 2. The molecule has 2 rings (SSSR count). The molecule has 0 unspecified atom stereocenters. The summed E-state index contributed by atoms with van der Waals surface area (Å²) in [5.74, 6) is 0.613. The molecule has 0 heterocycles. The highest BCUT2D eigenvalue weighted by Gasteiger charge is 2.16. The Hall–Kier alpha value is -2.04. The van der Waals surface area contributed by atoms with Gasteiger partial charge in [0.1, 0.15) is 0 Å². The minimum Gasteiger partial charge on any atom is -0.341 e. The van der Waals surface area contributed by atoms with Crippen LogP contribution >= 0.6 is 0 Å². The second-order valence-corrected chi connectivity index (χ2v) is 5.54. The van der Waals surface area contributed by atoms with Crippen LogP contribution in [-0.4, -0.2) is 19.0 Å². The predicted molar refractivity (Wildman–Crippen MR) is 84.3 cm³/mol. The molecule has 1 aromatic carbocycles. The van der Waals surface area contributed by atoms with E-state index < -0.39 is 0 Å². The van der Waals surface area contributed by atoms with Gasteiger partial charge in [-0.25, -0.2) is 4.79 Å². The fraction of sp³-hybridized carbons (Fsp3) is 0.500. The van der Waals surface area contributed by atoms with Gasteiger partial charge in [0.25, 0.3) is 0 Å². The van der Waals surface area contributed by atoms with Crippen molar-refractivity contribution in [2.45, 2.75) is 38.5 Å². The van der Waals surface area contributed by atoms with E-state index in [2.05, 4.69) is 16.0 Å². The van der Waals surface area contributed by atoms with E-state index in [1.807, 2.05) is 0 Å². The first kappa shape index (κ1) is 15.4. The molecule has 1 aliphatic carbocycles. The second-order valence-electron chi connectivity index (χ2n) is 5.54. The Bertz CT molecular complexity index is 479. The number of rotatable bonds is 4. The van der Waals surface area contributed by atoms with E-state index in [1.165, 1.54) is 32.1 Å². The summed E-state index contributed by atoms with van der Waals surface area (Å²) in [5.41, 5.74) is 1.46. The predicted octanol–water partition coefficient (Wildman–Crippen LogP) is 3.35. The normalized spacial score (nSPS) is 15.3. The summed E-state index contributed by atoms with van der Waals surface area (Å²) in [4.78, 5) is 23.2. The van der Waals surface area contributed by atoms with Crippen molar-refractivity contribution in [1.82, 2.24) is 5.32 Å². The standard InChI is InChI=1S/C16H23N3O2/c1-17-16(21)19-14-9-7-13(8-10-14)18-15(20)11-12-5-3-2-4-6-12/h7-10,12H,2-6,11H2,1H3,(H,18,20)(H2,17,19,21). The Morgan fingerprint density at radius 2 is 1.57 bits per heavy atom. The molecule has 0 aromatic heterocycles. The van der Waals surface area contributed by atoms with Crippen LogP contribution in [0.3, 0.4) is 0 Å². The van der Waals surface area contributed by atoms with Gasteiger partial charge in [-0.1, -0.05) is 19.3 Å². The molecule has 3 N–H and O–H groups in total. The number of benzene rings is 1. The number of hydrogen-bond acceptors (Lipinski definition) is 2. The molecular formula is C16H23N3O2. The number of carbonyl (C=O) groups excluding carboxylic acids is 2. The molecule has 0 saturated heterocycles. The lowest BCUT2D eigenvalue weighted by Gasteiger charge is -2.20. The van der Waals surface area contributed by atoms with Crippen LogP contribution in [0.1, 0.15) is 38.5 Å². The van der Waals surface area contributed by atoms with Crippen LogP contribution in [0.4, 0.5) is 16.2 Å². The Labute approximate surface area is 125 Å². The molecule has 1 saturated carbocycles. The average Bonchev–Trinajstić information content (AvgIpc) is 2.50. The first-order valence-corrected chi connectivity index (χ1v) is 7.56. The first-order valence-electron chi connectivity index (χ1n) is 7.56. The van der Waals surface area contributed by atoms with E-state index in [-0.39, 0.29) is 11.9 Å². The van der Waals surface area contributed by atoms with Gasteiger partial charge in [0.05, 0.1) is 0 Å². The van der Waals surface area contributed by atoms with Crippen LogP contribution < -0.4 is 16.0 Å². The SMILES string of the molecule is CNC(=O)Nc1ccc(NC(=O)CC2CCCCC2)cc1. The maximum Gasteiger partial charge on any atom is 0.318 e. The Morgan fingerprint density at radius 3 is 2.14 bits per heavy atom. The molecule has 0 bridgehead atoms. The van der Waals surface area contributed by atoms with Crippen molar-refractivity contribution in [3.05, 3.63) is 24.3 Å². The molecule has 5 nitrogen and oxygen atoms in total. The molecule has 1 aromatic rings. The molecule has 0 radical (unpaired) electrons. The van der Waals surface area contributed by atoms with E-state index >= 15 is 0 Å². The van der Waals surface area contributed by atoms with Crippen LogP contribution in [0.15, 0.2) is 24.3 Å². The highest BCUT2D eigenvalue weighted by atomic mass is 16.2. The summed E-state index contributed by atoms with van der Waals surface area (Å²) in [6.07, 6.45) is 6.75. The highest BCUT2D eigenvalue weighted by molar-refractivity contribution is 5.92. The fourth-order valence-corrected chi connectivity index (χ4v) is 2.70. The molecule has 21 heavy (non-hydrogen) atoms. The summed E-state index contributed by atoms with van der Waals surface area (Å²) in [5, 5.41) is 8.08. The number of hydrogen-bond donors (Lipinski definition) is 3. The summed E-state index contributed by atoms with van der Waals surface area (Å²) in [7, 11) is 1.56. The maximum absolute atomic E-state index is 12.0. The number of anilines is 2. The topological polar surface area (TPSA) is 70.2 Å². The third kappa shape index (κ3) is 5.10. The zero-order chi connectivity index (χ0) is 15.1. The molecule has 5 heteroatoms. The fourth-order valence-electron chi connectivity index (χ4n) is 2.70. The number of nitrogens with one attached hydrogen (secondary N) is 3. The highest BCUT2D eigenvalue weighted by Crippen LogP contribution is 2.26. The lowest BCUT2D eigenvalue weighted by atomic mass is 9.87. The maximum atomic E-state index is 12.0. The number of urea groups is 1. The lowest BCUT2D eigenvalue weighted by Crippen LogP contribution is -2.24. The summed E-state index contributed by atoms with van der Waals surface area (Å²) in [6.45, 7) is 0. The van der Waals surface area contributed by atoms with Crippen molar-refractivity contribution in [1.29, 1.82) is 0 Å². The van der Waals surface area contributed by atoms with Gasteiger partial charge in [-0.05, 0) is 43.0 Å². The van der Waals surface area contributed by atoms with Crippen LogP contribution in [0.25, 0.3) is 0 Å². The van der Waals surface area contributed by atoms with E-state index in [0.29, 0.717) is 18.0 Å². The molecule has 0 aliphatic heterocycles. The van der Waals surface area contributed by atoms with Crippen molar-refractivity contribution in [2.75, 3.05) is 17.7 Å². The molecular weight excluding hydrogens is 266 g/mol. The molecule has 0 spiro atoms. The van der Waals surface area contributed by atoms with Crippen molar-refractivity contribution >= 4 is 23.3 Å². The molecule has 1 aliphatic rings. The first-order chi connectivity index (χ1) is 10.2. The van der Waals surface area contributed by atoms with Crippen molar-refractivity contribution in [3.8, 4) is 0 Å².